The fraction of sp³-hybridized carbons (Fsp3) is 0.250. The number of thiophene rings is 1. The molecule has 0 fully saturated rings. The Hall–Kier alpha value is -5.14. The minimum Gasteiger partial charge on any atom is -0.494 e. The Morgan fingerprint density at radius 3 is 2.49 bits per heavy atom. The Morgan fingerprint density at radius 2 is 1.78 bits per heavy atom. The number of benzene rings is 3. The first-order valence-electron chi connectivity index (χ1n) is 15.7. The third-order valence-electron chi connectivity index (χ3n) is 7.85. The van der Waals surface area contributed by atoms with E-state index in [0.717, 1.165) is 33.2 Å². The van der Waals surface area contributed by atoms with E-state index in [-0.39, 0.29) is 30.5 Å². The number of ether oxygens (including phenoxy) is 3. The summed E-state index contributed by atoms with van der Waals surface area (Å²) in [6, 6.07) is 26.3. The van der Waals surface area contributed by atoms with Crippen molar-refractivity contribution in [3.63, 3.8) is 0 Å². The normalized spacial score (nSPS) is 14.0. The van der Waals surface area contributed by atoms with Crippen LogP contribution in [0.4, 0.5) is 0 Å². The maximum Gasteiger partial charge on any atom is 0.253 e. The SMILES string of the molecule is CCOc1ccc(-n2c(CNC(=O)Cc3ccccc3)nnc2SCC(=O)N2N=C(c3cccs3)C[C@H]2c2cccc(OC)c2OC)cc1. The molecule has 0 saturated carbocycles. The van der Waals surface area contributed by atoms with Gasteiger partial charge in [0, 0.05) is 17.7 Å². The third-order valence-corrected chi connectivity index (χ3v) is 9.68. The predicted molar refractivity (Wildman–Crippen MR) is 190 cm³/mol. The van der Waals surface area contributed by atoms with Gasteiger partial charge < -0.3 is 19.5 Å². The van der Waals surface area contributed by atoms with Crippen molar-refractivity contribution in [2.24, 2.45) is 5.10 Å². The van der Waals surface area contributed by atoms with Crippen LogP contribution in [0.2, 0.25) is 0 Å². The molecule has 2 amide bonds. The largest absolute Gasteiger partial charge is 0.494 e. The molecule has 0 aliphatic carbocycles. The van der Waals surface area contributed by atoms with Gasteiger partial charge in [-0.05, 0) is 54.3 Å². The lowest BCUT2D eigenvalue weighted by Gasteiger charge is -2.24. The number of aromatic nitrogens is 3. The number of thioether (sulfide) groups is 1. The van der Waals surface area contributed by atoms with Gasteiger partial charge in [-0.3, -0.25) is 14.2 Å². The van der Waals surface area contributed by atoms with Gasteiger partial charge in [0.15, 0.2) is 22.5 Å². The summed E-state index contributed by atoms with van der Waals surface area (Å²) in [6.45, 7) is 2.63. The molecule has 0 radical (unpaired) electrons. The molecular formula is C36H36N6O5S2. The summed E-state index contributed by atoms with van der Waals surface area (Å²) in [4.78, 5) is 27.8. The highest BCUT2D eigenvalue weighted by Gasteiger charge is 2.36. The second-order valence-corrected chi connectivity index (χ2v) is 12.8. The van der Waals surface area contributed by atoms with Crippen molar-refractivity contribution < 1.29 is 23.8 Å². The lowest BCUT2D eigenvalue weighted by molar-refractivity contribution is -0.130. The van der Waals surface area contributed by atoms with Crippen LogP contribution in [0, 0.1) is 0 Å². The van der Waals surface area contributed by atoms with Crippen LogP contribution in [0.25, 0.3) is 5.69 Å². The van der Waals surface area contributed by atoms with Crippen LogP contribution >= 0.6 is 23.1 Å². The molecule has 0 unspecified atom stereocenters. The van der Waals surface area contributed by atoms with E-state index in [4.69, 9.17) is 19.3 Å². The molecule has 1 aliphatic rings. The molecule has 1 atom stereocenters. The maximum absolute atomic E-state index is 14.0. The van der Waals surface area contributed by atoms with Crippen molar-refractivity contribution in [3.8, 4) is 22.9 Å². The van der Waals surface area contributed by atoms with E-state index in [1.54, 1.807) is 30.6 Å². The summed E-state index contributed by atoms with van der Waals surface area (Å²) >= 11 is 2.84. The highest BCUT2D eigenvalue weighted by atomic mass is 32.2. The summed E-state index contributed by atoms with van der Waals surface area (Å²) in [5.74, 6) is 2.11. The molecule has 252 valence electrons. The van der Waals surface area contributed by atoms with Gasteiger partial charge in [0.1, 0.15) is 5.75 Å². The smallest absolute Gasteiger partial charge is 0.253 e. The monoisotopic (exact) mass is 696 g/mol. The van der Waals surface area contributed by atoms with Gasteiger partial charge in [-0.2, -0.15) is 5.10 Å². The van der Waals surface area contributed by atoms with E-state index in [2.05, 4.69) is 15.5 Å². The van der Waals surface area contributed by atoms with Gasteiger partial charge in [0.05, 0.1) is 56.2 Å². The van der Waals surface area contributed by atoms with E-state index < -0.39 is 6.04 Å². The van der Waals surface area contributed by atoms with Gasteiger partial charge in [-0.1, -0.05) is 60.3 Å². The first-order chi connectivity index (χ1) is 24.0. The van der Waals surface area contributed by atoms with Crippen molar-refractivity contribution in [1.29, 1.82) is 0 Å². The molecule has 11 nitrogen and oxygen atoms in total. The van der Waals surface area contributed by atoms with Crippen molar-refractivity contribution in [3.05, 3.63) is 112 Å². The quantitative estimate of drug-likeness (QED) is 0.139. The fourth-order valence-electron chi connectivity index (χ4n) is 5.59. The minimum absolute atomic E-state index is 0.0412. The van der Waals surface area contributed by atoms with Crippen molar-refractivity contribution >= 4 is 40.6 Å². The fourth-order valence-corrected chi connectivity index (χ4v) is 7.13. The molecule has 1 N–H and O–H groups in total. The van der Waals surface area contributed by atoms with E-state index in [9.17, 15) is 9.59 Å². The van der Waals surface area contributed by atoms with Crippen molar-refractivity contribution in [2.45, 2.75) is 37.5 Å². The first kappa shape index (κ1) is 33.7. The number of hydrogen-bond acceptors (Lipinski definition) is 10. The van der Waals surface area contributed by atoms with Gasteiger partial charge >= 0.3 is 0 Å². The molecule has 49 heavy (non-hydrogen) atoms. The number of rotatable bonds is 14. The van der Waals surface area contributed by atoms with Crippen LogP contribution in [0.3, 0.4) is 0 Å². The van der Waals surface area contributed by atoms with E-state index >= 15 is 0 Å². The number of methoxy groups -OCH3 is 2. The molecule has 1 aliphatic heterocycles. The molecule has 13 heteroatoms. The predicted octanol–water partition coefficient (Wildman–Crippen LogP) is 6.07. The number of nitrogens with one attached hydrogen (secondary N) is 1. The summed E-state index contributed by atoms with van der Waals surface area (Å²) in [7, 11) is 3.18. The van der Waals surface area contributed by atoms with Crippen LogP contribution in [-0.2, 0) is 22.6 Å². The molecule has 0 saturated heterocycles. The zero-order valence-corrected chi connectivity index (χ0v) is 29.0. The first-order valence-corrected chi connectivity index (χ1v) is 17.6. The molecule has 0 spiro atoms. The average molecular weight is 697 g/mol. The Bertz CT molecular complexity index is 1910. The Balaban J connectivity index is 1.25. The Kier molecular flexibility index (Phi) is 10.9. The third kappa shape index (κ3) is 7.79. The van der Waals surface area contributed by atoms with E-state index in [1.165, 1.54) is 11.8 Å². The van der Waals surface area contributed by atoms with Gasteiger partial charge in [-0.15, -0.1) is 21.5 Å². The maximum atomic E-state index is 14.0. The average Bonchev–Trinajstić information content (AvgIpc) is 3.91. The van der Waals surface area contributed by atoms with Crippen LogP contribution in [0.5, 0.6) is 17.2 Å². The summed E-state index contributed by atoms with van der Waals surface area (Å²) in [5, 5.41) is 20.7. The number of amides is 2. The van der Waals surface area contributed by atoms with Crippen molar-refractivity contribution in [2.75, 3.05) is 26.6 Å². The highest BCUT2D eigenvalue weighted by molar-refractivity contribution is 7.99. The number of carbonyl (C=O) groups is 2. The second kappa shape index (κ2) is 15.8. The number of nitrogens with zero attached hydrogens (tertiary/aromatic N) is 5. The number of hydrogen-bond donors (Lipinski definition) is 1. The topological polar surface area (TPSA) is 120 Å². The van der Waals surface area contributed by atoms with Crippen LogP contribution in [-0.4, -0.2) is 63.9 Å². The molecule has 2 aromatic heterocycles. The van der Waals surface area contributed by atoms with Crippen molar-refractivity contribution in [1.82, 2.24) is 25.1 Å². The summed E-state index contributed by atoms with van der Waals surface area (Å²) in [5.41, 5.74) is 3.32. The zero-order chi connectivity index (χ0) is 34.2. The van der Waals surface area contributed by atoms with Crippen LogP contribution < -0.4 is 19.5 Å². The summed E-state index contributed by atoms with van der Waals surface area (Å²) < 4.78 is 18.8. The molecule has 0 bridgehead atoms. The number of hydrazone groups is 1. The Labute approximate surface area is 292 Å². The molecule has 6 rings (SSSR count). The van der Waals surface area contributed by atoms with Gasteiger partial charge in [-0.25, -0.2) is 5.01 Å². The van der Waals surface area contributed by atoms with Crippen LogP contribution in [0.1, 0.15) is 41.2 Å². The lowest BCUT2D eigenvalue weighted by atomic mass is 9.99. The number of para-hydroxylation sites is 1. The number of carbonyl (C=O) groups excluding carboxylic acids is 2. The molecule has 5 aromatic rings. The molecular weight excluding hydrogens is 661 g/mol. The zero-order valence-electron chi connectivity index (χ0n) is 27.4. The van der Waals surface area contributed by atoms with Crippen LogP contribution in [0.15, 0.2) is 101 Å². The standard InChI is InChI=1S/C36H36N6O5S2/c1-4-47-26-17-15-25(16-18-26)41-32(22-37-33(43)20-24-10-6-5-7-11-24)38-39-36(41)49-23-34(44)42-29(21-28(40-42)31-14-9-19-48-31)27-12-8-13-30(45-2)35(27)46-3/h5-19,29H,4,20-23H2,1-3H3,(H,37,43)/t29-/m0/s1. The second-order valence-electron chi connectivity index (χ2n) is 11.0. The highest BCUT2D eigenvalue weighted by Crippen LogP contribution is 2.42. The van der Waals surface area contributed by atoms with E-state index in [0.29, 0.717) is 35.5 Å². The summed E-state index contributed by atoms with van der Waals surface area (Å²) in [6.07, 6.45) is 0.771. The molecule has 3 aromatic carbocycles. The lowest BCUT2D eigenvalue weighted by Crippen LogP contribution is -2.29. The van der Waals surface area contributed by atoms with Gasteiger partial charge in [0.25, 0.3) is 5.91 Å². The van der Waals surface area contributed by atoms with Gasteiger partial charge in [0.2, 0.25) is 5.91 Å². The Morgan fingerprint density at radius 1 is 0.959 bits per heavy atom. The minimum atomic E-state index is -0.394. The van der Waals surface area contributed by atoms with E-state index in [1.807, 2.05) is 102 Å². The molecule has 3 heterocycles.